The number of carbonyl (C=O) groups excluding carboxylic acids is 2. The molecule has 5 nitrogen and oxygen atoms in total. The zero-order valence-electron chi connectivity index (χ0n) is 16.4. The Morgan fingerprint density at radius 2 is 1.79 bits per heavy atom. The van der Waals surface area contributed by atoms with E-state index in [1.165, 1.54) is 12.1 Å². The van der Waals surface area contributed by atoms with E-state index in [1.807, 2.05) is 37.3 Å². The highest BCUT2D eigenvalue weighted by atomic mass is 19.1. The normalized spacial score (nSPS) is 11.5. The lowest BCUT2D eigenvalue weighted by Crippen LogP contribution is -2.48. The molecule has 0 aliphatic rings. The first-order valence-electron chi connectivity index (χ1n) is 9.48. The minimum atomic E-state index is -0.572. The fourth-order valence-corrected chi connectivity index (χ4v) is 2.95. The third kappa shape index (κ3) is 6.37. The summed E-state index contributed by atoms with van der Waals surface area (Å²) < 4.78 is 18.8. The summed E-state index contributed by atoms with van der Waals surface area (Å²) in [6.45, 7) is 2.53. The van der Waals surface area contributed by atoms with Crippen LogP contribution >= 0.6 is 0 Å². The minimum absolute atomic E-state index is 0.128. The number of hydrogen-bond acceptors (Lipinski definition) is 3. The standard InChI is InChI=1S/C22H27FN2O3/c1-3-20(22(27)24-2)25(16-17-11-13-18(23)14-12-17)21(26)10-7-15-28-19-8-5-4-6-9-19/h4-6,8-9,11-14,20H,3,7,10,15-16H2,1-2H3,(H,24,27). The van der Waals surface area contributed by atoms with E-state index in [9.17, 15) is 14.0 Å². The topological polar surface area (TPSA) is 58.6 Å². The molecule has 0 fully saturated rings. The lowest BCUT2D eigenvalue weighted by molar-refractivity contribution is -0.141. The van der Waals surface area contributed by atoms with Crippen molar-refractivity contribution >= 4 is 11.8 Å². The molecule has 0 saturated carbocycles. The van der Waals surface area contributed by atoms with Gasteiger partial charge in [0.2, 0.25) is 11.8 Å². The van der Waals surface area contributed by atoms with Gasteiger partial charge in [-0.1, -0.05) is 37.3 Å². The highest BCUT2D eigenvalue weighted by Crippen LogP contribution is 2.15. The molecule has 0 bridgehead atoms. The van der Waals surface area contributed by atoms with Gasteiger partial charge in [0.15, 0.2) is 0 Å². The summed E-state index contributed by atoms with van der Waals surface area (Å²) in [6.07, 6.45) is 1.30. The molecule has 28 heavy (non-hydrogen) atoms. The third-order valence-corrected chi connectivity index (χ3v) is 4.45. The Bertz CT molecular complexity index is 750. The van der Waals surface area contributed by atoms with Crippen molar-refractivity contribution in [3.8, 4) is 5.75 Å². The Kier molecular flexibility index (Phi) is 8.46. The zero-order chi connectivity index (χ0) is 20.4. The summed E-state index contributed by atoms with van der Waals surface area (Å²) in [6, 6.07) is 14.8. The summed E-state index contributed by atoms with van der Waals surface area (Å²) in [5.41, 5.74) is 0.776. The van der Waals surface area contributed by atoms with Crippen LogP contribution in [-0.2, 0) is 16.1 Å². The quantitative estimate of drug-likeness (QED) is 0.636. The first-order valence-corrected chi connectivity index (χ1v) is 9.48. The highest BCUT2D eigenvalue weighted by molar-refractivity contribution is 5.87. The molecule has 0 saturated heterocycles. The van der Waals surface area contributed by atoms with Crippen molar-refractivity contribution in [2.75, 3.05) is 13.7 Å². The number of ether oxygens (including phenoxy) is 1. The molecule has 2 rings (SSSR count). The van der Waals surface area contributed by atoms with Gasteiger partial charge in [0.1, 0.15) is 17.6 Å². The number of carbonyl (C=O) groups is 2. The second kappa shape index (κ2) is 11.1. The van der Waals surface area contributed by atoms with Crippen LogP contribution in [0.3, 0.4) is 0 Å². The molecule has 2 aromatic carbocycles. The van der Waals surface area contributed by atoms with Gasteiger partial charge in [-0.25, -0.2) is 4.39 Å². The molecule has 1 atom stereocenters. The van der Waals surface area contributed by atoms with Crippen molar-refractivity contribution < 1.29 is 18.7 Å². The van der Waals surface area contributed by atoms with Gasteiger partial charge in [-0.2, -0.15) is 0 Å². The number of halogens is 1. The number of likely N-dealkylation sites (N-methyl/N-ethyl adjacent to an activating group) is 1. The number of hydrogen-bond donors (Lipinski definition) is 1. The maximum atomic E-state index is 13.2. The van der Waals surface area contributed by atoms with E-state index in [4.69, 9.17) is 4.74 Å². The van der Waals surface area contributed by atoms with Gasteiger partial charge in [0.25, 0.3) is 0 Å². The molecule has 0 aromatic heterocycles. The fraction of sp³-hybridized carbons (Fsp3) is 0.364. The van der Waals surface area contributed by atoms with Gasteiger partial charge in [0.05, 0.1) is 6.61 Å². The van der Waals surface area contributed by atoms with Gasteiger partial charge in [-0.15, -0.1) is 0 Å². The highest BCUT2D eigenvalue weighted by Gasteiger charge is 2.27. The first kappa shape index (κ1) is 21.4. The monoisotopic (exact) mass is 386 g/mol. The molecule has 150 valence electrons. The van der Waals surface area contributed by atoms with Crippen LogP contribution in [0.4, 0.5) is 4.39 Å². The van der Waals surface area contributed by atoms with Crippen LogP contribution in [0.25, 0.3) is 0 Å². The van der Waals surface area contributed by atoms with E-state index in [0.717, 1.165) is 11.3 Å². The number of para-hydroxylation sites is 1. The Hall–Kier alpha value is -2.89. The summed E-state index contributed by atoms with van der Waals surface area (Å²) in [5, 5.41) is 2.62. The van der Waals surface area contributed by atoms with Gasteiger partial charge in [-0.05, 0) is 42.7 Å². The molecule has 1 unspecified atom stereocenters. The summed E-state index contributed by atoms with van der Waals surface area (Å²) in [7, 11) is 1.55. The SMILES string of the molecule is CCC(C(=O)NC)N(Cc1ccc(F)cc1)C(=O)CCCOc1ccccc1. The molecule has 0 spiro atoms. The van der Waals surface area contributed by atoms with Crippen molar-refractivity contribution in [2.24, 2.45) is 0 Å². The molecule has 0 aliphatic heterocycles. The van der Waals surface area contributed by atoms with Crippen molar-refractivity contribution in [1.82, 2.24) is 10.2 Å². The predicted octanol–water partition coefficient (Wildman–Crippen LogP) is 3.54. The van der Waals surface area contributed by atoms with E-state index in [2.05, 4.69) is 5.32 Å². The van der Waals surface area contributed by atoms with Gasteiger partial charge < -0.3 is 15.0 Å². The Balaban J connectivity index is 2.00. The summed E-state index contributed by atoms with van der Waals surface area (Å²) >= 11 is 0. The van der Waals surface area contributed by atoms with E-state index in [-0.39, 0.29) is 30.6 Å². The van der Waals surface area contributed by atoms with Crippen LogP contribution in [0.5, 0.6) is 5.75 Å². The maximum absolute atomic E-state index is 13.2. The Labute approximate surface area is 165 Å². The van der Waals surface area contributed by atoms with Gasteiger partial charge in [0, 0.05) is 20.0 Å². The van der Waals surface area contributed by atoms with Crippen LogP contribution < -0.4 is 10.1 Å². The van der Waals surface area contributed by atoms with Crippen LogP contribution in [0.2, 0.25) is 0 Å². The molecular weight excluding hydrogens is 359 g/mol. The van der Waals surface area contributed by atoms with Crippen molar-refractivity contribution in [3.05, 3.63) is 66.0 Å². The third-order valence-electron chi connectivity index (χ3n) is 4.45. The second-order valence-corrected chi connectivity index (χ2v) is 6.45. The fourth-order valence-electron chi connectivity index (χ4n) is 2.95. The lowest BCUT2D eigenvalue weighted by Gasteiger charge is -2.30. The lowest BCUT2D eigenvalue weighted by atomic mass is 10.1. The Morgan fingerprint density at radius 1 is 1.11 bits per heavy atom. The average molecular weight is 386 g/mol. The largest absolute Gasteiger partial charge is 0.494 e. The van der Waals surface area contributed by atoms with Crippen LogP contribution in [0.15, 0.2) is 54.6 Å². The Morgan fingerprint density at radius 3 is 2.39 bits per heavy atom. The number of nitrogens with zero attached hydrogens (tertiary/aromatic N) is 1. The van der Waals surface area contributed by atoms with Crippen LogP contribution in [0, 0.1) is 5.82 Å². The van der Waals surface area contributed by atoms with E-state index < -0.39 is 6.04 Å². The molecular formula is C22H27FN2O3. The minimum Gasteiger partial charge on any atom is -0.494 e. The average Bonchev–Trinajstić information content (AvgIpc) is 2.72. The van der Waals surface area contributed by atoms with Crippen LogP contribution in [-0.4, -0.2) is 36.4 Å². The molecule has 2 amide bonds. The number of benzene rings is 2. The maximum Gasteiger partial charge on any atom is 0.242 e. The molecule has 0 aliphatic carbocycles. The van der Waals surface area contributed by atoms with E-state index >= 15 is 0 Å². The van der Waals surface area contributed by atoms with E-state index in [1.54, 1.807) is 24.1 Å². The van der Waals surface area contributed by atoms with Crippen molar-refractivity contribution in [3.63, 3.8) is 0 Å². The molecule has 0 heterocycles. The molecule has 6 heteroatoms. The summed E-state index contributed by atoms with van der Waals surface area (Å²) in [4.78, 5) is 26.7. The van der Waals surface area contributed by atoms with Crippen LogP contribution in [0.1, 0.15) is 31.7 Å². The number of nitrogens with one attached hydrogen (secondary N) is 1. The smallest absolute Gasteiger partial charge is 0.242 e. The predicted molar refractivity (Wildman–Crippen MR) is 106 cm³/mol. The number of amides is 2. The molecule has 0 radical (unpaired) electrons. The van der Waals surface area contributed by atoms with Gasteiger partial charge in [-0.3, -0.25) is 9.59 Å². The number of rotatable bonds is 10. The van der Waals surface area contributed by atoms with Crippen molar-refractivity contribution in [1.29, 1.82) is 0 Å². The second-order valence-electron chi connectivity index (χ2n) is 6.45. The van der Waals surface area contributed by atoms with Gasteiger partial charge >= 0.3 is 0 Å². The zero-order valence-corrected chi connectivity index (χ0v) is 16.4. The first-order chi connectivity index (χ1) is 13.5. The summed E-state index contributed by atoms with van der Waals surface area (Å²) in [5.74, 6) is 0.0860. The molecule has 1 N–H and O–H groups in total. The van der Waals surface area contributed by atoms with Crippen molar-refractivity contribution in [2.45, 2.75) is 38.8 Å². The van der Waals surface area contributed by atoms with E-state index in [0.29, 0.717) is 19.4 Å². The molecule has 2 aromatic rings.